The third-order valence-electron chi connectivity index (χ3n) is 2.56. The second kappa shape index (κ2) is 6.73. The Morgan fingerprint density at radius 3 is 2.63 bits per heavy atom. The number of amides is 1. The molecule has 0 saturated heterocycles. The molecule has 0 fully saturated rings. The molecule has 1 amide bonds. The fraction of sp³-hybridized carbons (Fsp3) is 0.333. The molecule has 0 atom stereocenters. The van der Waals surface area contributed by atoms with Gasteiger partial charge >= 0.3 is 5.97 Å². The Morgan fingerprint density at radius 2 is 2.05 bits per heavy atom. The number of aryl methyl sites for hydroxylation is 1. The van der Waals surface area contributed by atoms with Crippen LogP contribution in [0.2, 0.25) is 0 Å². The van der Waals surface area contributed by atoms with E-state index in [2.05, 4.69) is 5.32 Å². The zero-order valence-corrected chi connectivity index (χ0v) is 11.4. The number of carbonyl (C=O) groups excluding carboxylic acids is 1. The summed E-state index contributed by atoms with van der Waals surface area (Å²) in [5, 5.41) is 11.4. The lowest BCUT2D eigenvalue weighted by atomic mass is 10.1. The van der Waals surface area contributed by atoms with E-state index in [0.717, 1.165) is 17.2 Å². The van der Waals surface area contributed by atoms with Gasteiger partial charge in [0.05, 0.1) is 0 Å². The Labute approximate surface area is 113 Å². The van der Waals surface area contributed by atoms with Crippen LogP contribution in [0.15, 0.2) is 24.3 Å². The molecule has 1 aromatic carbocycles. The first-order valence-corrected chi connectivity index (χ1v) is 6.20. The number of benzene rings is 1. The molecule has 0 aliphatic rings. The monoisotopic (exact) mass is 261 g/mol. The molecular formula is C15H19NO3. The van der Waals surface area contributed by atoms with E-state index >= 15 is 0 Å². The summed E-state index contributed by atoms with van der Waals surface area (Å²) in [6, 6.07) is 5.44. The van der Waals surface area contributed by atoms with Gasteiger partial charge in [-0.05, 0) is 42.2 Å². The van der Waals surface area contributed by atoms with Crippen molar-refractivity contribution in [3.63, 3.8) is 0 Å². The number of nitrogens with one attached hydrogen (secondary N) is 1. The van der Waals surface area contributed by atoms with E-state index in [9.17, 15) is 9.59 Å². The molecule has 4 nitrogen and oxygen atoms in total. The molecule has 2 N–H and O–H groups in total. The quantitative estimate of drug-likeness (QED) is 0.800. The summed E-state index contributed by atoms with van der Waals surface area (Å²) < 4.78 is 0. The van der Waals surface area contributed by atoms with Crippen molar-refractivity contribution >= 4 is 23.6 Å². The van der Waals surface area contributed by atoms with Crippen molar-refractivity contribution in [2.45, 2.75) is 27.2 Å². The van der Waals surface area contributed by atoms with E-state index in [1.807, 2.05) is 32.9 Å². The third kappa shape index (κ3) is 5.38. The first-order valence-electron chi connectivity index (χ1n) is 6.20. The standard InChI is InChI=1S/C15H19NO3/c1-10(2)8-14(17)16-13-6-4-11(3)12(9-13)5-7-15(18)19/h4-7,9-10H,8H2,1-3H3,(H,16,17)(H,18,19). The lowest BCUT2D eigenvalue weighted by molar-refractivity contribution is -0.131. The smallest absolute Gasteiger partial charge is 0.328 e. The molecule has 0 bridgehead atoms. The number of rotatable bonds is 5. The van der Waals surface area contributed by atoms with Crippen LogP contribution in [0.5, 0.6) is 0 Å². The molecule has 0 unspecified atom stereocenters. The highest BCUT2D eigenvalue weighted by molar-refractivity contribution is 5.91. The second-order valence-corrected chi connectivity index (χ2v) is 4.89. The van der Waals surface area contributed by atoms with Gasteiger partial charge in [0.2, 0.25) is 5.91 Å². The molecule has 0 aromatic heterocycles. The summed E-state index contributed by atoms with van der Waals surface area (Å²) in [5.74, 6) is -0.725. The molecule has 0 aliphatic heterocycles. The SMILES string of the molecule is Cc1ccc(NC(=O)CC(C)C)cc1C=CC(=O)O. The maximum absolute atomic E-state index is 11.7. The van der Waals surface area contributed by atoms with Crippen LogP contribution in [0, 0.1) is 12.8 Å². The van der Waals surface area contributed by atoms with Crippen molar-refractivity contribution in [1.82, 2.24) is 0 Å². The van der Waals surface area contributed by atoms with Gasteiger partial charge in [0.15, 0.2) is 0 Å². The normalized spacial score (nSPS) is 10.9. The summed E-state index contributed by atoms with van der Waals surface area (Å²) in [5.41, 5.74) is 2.42. The average Bonchev–Trinajstić information content (AvgIpc) is 2.28. The number of carbonyl (C=O) groups is 2. The minimum atomic E-state index is -0.992. The topological polar surface area (TPSA) is 66.4 Å². The van der Waals surface area contributed by atoms with Crippen LogP contribution in [0.3, 0.4) is 0 Å². The number of aliphatic carboxylic acids is 1. The van der Waals surface area contributed by atoms with Crippen molar-refractivity contribution in [2.24, 2.45) is 5.92 Å². The summed E-state index contributed by atoms with van der Waals surface area (Å²) in [4.78, 5) is 22.2. The highest BCUT2D eigenvalue weighted by Crippen LogP contribution is 2.17. The Kier molecular flexibility index (Phi) is 5.30. The van der Waals surface area contributed by atoms with Crippen LogP contribution >= 0.6 is 0 Å². The molecular weight excluding hydrogens is 242 g/mol. The highest BCUT2D eigenvalue weighted by atomic mass is 16.4. The van der Waals surface area contributed by atoms with E-state index in [4.69, 9.17) is 5.11 Å². The summed E-state index contributed by atoms with van der Waals surface area (Å²) >= 11 is 0. The Hall–Kier alpha value is -2.10. The predicted octanol–water partition coefficient (Wildman–Crippen LogP) is 3.08. The van der Waals surface area contributed by atoms with Gasteiger partial charge in [-0.3, -0.25) is 4.79 Å². The van der Waals surface area contributed by atoms with Gasteiger partial charge in [0.25, 0.3) is 0 Å². The number of hydrogen-bond donors (Lipinski definition) is 2. The van der Waals surface area contributed by atoms with Crippen molar-refractivity contribution in [2.75, 3.05) is 5.32 Å². The van der Waals surface area contributed by atoms with Crippen LogP contribution in [0.1, 0.15) is 31.4 Å². The zero-order valence-electron chi connectivity index (χ0n) is 11.4. The molecule has 0 radical (unpaired) electrons. The Bertz CT molecular complexity index is 504. The summed E-state index contributed by atoms with van der Waals surface area (Å²) in [7, 11) is 0. The van der Waals surface area contributed by atoms with E-state index in [1.165, 1.54) is 6.08 Å². The van der Waals surface area contributed by atoms with E-state index in [0.29, 0.717) is 18.0 Å². The van der Waals surface area contributed by atoms with Gasteiger partial charge in [-0.15, -0.1) is 0 Å². The van der Waals surface area contributed by atoms with E-state index in [1.54, 1.807) is 6.07 Å². The molecule has 19 heavy (non-hydrogen) atoms. The van der Waals surface area contributed by atoms with Crippen LogP contribution in [-0.2, 0) is 9.59 Å². The molecule has 1 rings (SSSR count). The maximum Gasteiger partial charge on any atom is 0.328 e. The third-order valence-corrected chi connectivity index (χ3v) is 2.56. The van der Waals surface area contributed by atoms with Gasteiger partial charge in [0, 0.05) is 18.2 Å². The van der Waals surface area contributed by atoms with Crippen LogP contribution in [-0.4, -0.2) is 17.0 Å². The molecule has 0 spiro atoms. The lowest BCUT2D eigenvalue weighted by Crippen LogP contribution is -2.13. The molecule has 4 heteroatoms. The number of anilines is 1. The summed E-state index contributed by atoms with van der Waals surface area (Å²) in [6.07, 6.45) is 3.08. The fourth-order valence-corrected chi connectivity index (χ4v) is 1.64. The van der Waals surface area contributed by atoms with Gasteiger partial charge in [-0.1, -0.05) is 19.9 Å². The van der Waals surface area contributed by atoms with Gasteiger partial charge in [0.1, 0.15) is 0 Å². The Morgan fingerprint density at radius 1 is 1.37 bits per heavy atom. The zero-order chi connectivity index (χ0) is 14.4. The second-order valence-electron chi connectivity index (χ2n) is 4.89. The molecule has 1 aromatic rings. The van der Waals surface area contributed by atoms with Crippen LogP contribution < -0.4 is 5.32 Å². The Balaban J connectivity index is 2.84. The largest absolute Gasteiger partial charge is 0.478 e. The first-order chi connectivity index (χ1) is 8.88. The highest BCUT2D eigenvalue weighted by Gasteiger charge is 2.06. The van der Waals surface area contributed by atoms with E-state index < -0.39 is 5.97 Å². The first kappa shape index (κ1) is 15.0. The van der Waals surface area contributed by atoms with Crippen molar-refractivity contribution in [1.29, 1.82) is 0 Å². The van der Waals surface area contributed by atoms with Gasteiger partial charge < -0.3 is 10.4 Å². The molecule has 102 valence electrons. The average molecular weight is 261 g/mol. The summed E-state index contributed by atoms with van der Waals surface area (Å²) in [6.45, 7) is 5.85. The molecule has 0 saturated carbocycles. The number of hydrogen-bond acceptors (Lipinski definition) is 2. The minimum absolute atomic E-state index is 0.0352. The molecule has 0 aliphatic carbocycles. The van der Waals surface area contributed by atoms with Gasteiger partial charge in [-0.2, -0.15) is 0 Å². The number of carboxylic acids is 1. The van der Waals surface area contributed by atoms with Crippen LogP contribution in [0.25, 0.3) is 6.08 Å². The minimum Gasteiger partial charge on any atom is -0.478 e. The predicted molar refractivity (Wildman–Crippen MR) is 75.9 cm³/mol. The maximum atomic E-state index is 11.7. The number of carboxylic acid groups (broad SMARTS) is 1. The van der Waals surface area contributed by atoms with Gasteiger partial charge in [-0.25, -0.2) is 4.79 Å². The van der Waals surface area contributed by atoms with Crippen LogP contribution in [0.4, 0.5) is 5.69 Å². The van der Waals surface area contributed by atoms with Crippen molar-refractivity contribution in [3.8, 4) is 0 Å². The molecule has 0 heterocycles. The van der Waals surface area contributed by atoms with E-state index in [-0.39, 0.29) is 5.91 Å². The fourth-order valence-electron chi connectivity index (χ4n) is 1.64. The van der Waals surface area contributed by atoms with Crippen molar-refractivity contribution < 1.29 is 14.7 Å². The van der Waals surface area contributed by atoms with Crippen molar-refractivity contribution in [3.05, 3.63) is 35.4 Å². The lowest BCUT2D eigenvalue weighted by Gasteiger charge is -2.09.